The summed E-state index contributed by atoms with van der Waals surface area (Å²) in [5.41, 5.74) is 8.23. The lowest BCUT2D eigenvalue weighted by Gasteiger charge is -2.20. The fourth-order valence-corrected chi connectivity index (χ4v) is 3.30. The van der Waals surface area contributed by atoms with E-state index >= 15 is 0 Å². The molecule has 6 heteroatoms. The smallest absolute Gasteiger partial charge is 0.122 e. The fourth-order valence-electron chi connectivity index (χ4n) is 1.77. The first-order valence-corrected chi connectivity index (χ1v) is 7.60. The lowest BCUT2D eigenvalue weighted by molar-refractivity contribution is 0.927. The van der Waals surface area contributed by atoms with Gasteiger partial charge < -0.3 is 10.6 Å². The van der Waals surface area contributed by atoms with E-state index in [1.165, 1.54) is 5.56 Å². The number of thiophene rings is 1. The molecule has 0 spiro atoms. The van der Waals surface area contributed by atoms with Gasteiger partial charge in [-0.15, -0.1) is 11.3 Å². The quantitative estimate of drug-likeness (QED) is 0.639. The number of nitrogens with one attached hydrogen (secondary N) is 1. The van der Waals surface area contributed by atoms with Crippen LogP contribution in [0.15, 0.2) is 33.4 Å². The predicted octanol–water partition coefficient (Wildman–Crippen LogP) is 4.08. The van der Waals surface area contributed by atoms with Crippen LogP contribution in [0.25, 0.3) is 0 Å². The zero-order chi connectivity index (χ0) is 14.0. The van der Waals surface area contributed by atoms with Crippen molar-refractivity contribution in [2.45, 2.75) is 6.54 Å². The zero-order valence-corrected chi connectivity index (χ0v) is 13.4. The maximum atomic E-state index is 7.39. The molecule has 19 heavy (non-hydrogen) atoms. The number of amidine groups is 1. The minimum atomic E-state index is 0.0258. The molecule has 0 atom stereocenters. The summed E-state index contributed by atoms with van der Waals surface area (Å²) in [6, 6.07) is 7.52. The van der Waals surface area contributed by atoms with Crippen molar-refractivity contribution in [3.8, 4) is 0 Å². The van der Waals surface area contributed by atoms with E-state index < -0.39 is 0 Å². The number of halogens is 2. The van der Waals surface area contributed by atoms with Gasteiger partial charge in [0.2, 0.25) is 0 Å². The Hall–Kier alpha value is -1.04. The molecular formula is C13H13BrClN3S. The molecule has 0 radical (unpaired) electrons. The third kappa shape index (κ3) is 3.49. The number of benzene rings is 1. The molecule has 0 saturated carbocycles. The average molecular weight is 359 g/mol. The summed E-state index contributed by atoms with van der Waals surface area (Å²) in [6.45, 7) is 0.779. The van der Waals surface area contributed by atoms with Gasteiger partial charge in [0.25, 0.3) is 0 Å². The SMILES string of the molecule is CN(Cc1csc(Br)c1)c1ccc(C(=N)N)cc1Cl. The highest BCUT2D eigenvalue weighted by Crippen LogP contribution is 2.28. The Balaban J connectivity index is 2.19. The fraction of sp³-hybridized carbons (Fsp3) is 0.154. The van der Waals surface area contributed by atoms with E-state index in [0.717, 1.165) is 16.0 Å². The lowest BCUT2D eigenvalue weighted by atomic mass is 10.1. The number of hydrogen-bond donors (Lipinski definition) is 2. The molecule has 0 saturated heterocycles. The minimum absolute atomic E-state index is 0.0258. The first-order valence-electron chi connectivity index (χ1n) is 5.55. The number of nitrogens with zero attached hydrogens (tertiary/aromatic N) is 1. The molecule has 0 amide bonds. The van der Waals surface area contributed by atoms with Crippen molar-refractivity contribution in [1.29, 1.82) is 5.41 Å². The second kappa shape index (κ2) is 5.94. The summed E-state index contributed by atoms with van der Waals surface area (Å²) in [6.07, 6.45) is 0. The van der Waals surface area contributed by atoms with E-state index in [1.54, 1.807) is 17.4 Å². The van der Waals surface area contributed by atoms with E-state index in [-0.39, 0.29) is 5.84 Å². The van der Waals surface area contributed by atoms with Crippen molar-refractivity contribution in [2.24, 2.45) is 5.73 Å². The van der Waals surface area contributed by atoms with E-state index in [1.807, 2.05) is 19.2 Å². The standard InChI is InChI=1S/C13H13BrClN3S/c1-18(6-8-4-12(14)19-7-8)11-3-2-9(13(16)17)5-10(11)15/h2-5,7H,6H2,1H3,(H3,16,17). The molecule has 3 nitrogen and oxygen atoms in total. The Bertz CT molecular complexity index is 612. The van der Waals surface area contributed by atoms with Crippen molar-refractivity contribution >= 4 is 50.4 Å². The summed E-state index contributed by atoms with van der Waals surface area (Å²) in [5, 5.41) is 10.1. The predicted molar refractivity (Wildman–Crippen MR) is 86.6 cm³/mol. The first kappa shape index (κ1) is 14.4. The third-order valence-electron chi connectivity index (χ3n) is 2.71. The van der Waals surface area contributed by atoms with Crippen molar-refractivity contribution < 1.29 is 0 Å². The Kier molecular flexibility index (Phi) is 4.50. The van der Waals surface area contributed by atoms with Gasteiger partial charge in [0, 0.05) is 19.2 Å². The van der Waals surface area contributed by atoms with E-state index in [9.17, 15) is 0 Å². The largest absolute Gasteiger partial charge is 0.384 e. The third-order valence-corrected chi connectivity index (χ3v) is 4.57. The lowest BCUT2D eigenvalue weighted by Crippen LogP contribution is -2.17. The molecular weight excluding hydrogens is 346 g/mol. The van der Waals surface area contributed by atoms with Crippen LogP contribution in [0.4, 0.5) is 5.69 Å². The van der Waals surface area contributed by atoms with Gasteiger partial charge in [-0.25, -0.2) is 0 Å². The zero-order valence-electron chi connectivity index (χ0n) is 10.3. The molecule has 2 aromatic rings. The molecule has 0 fully saturated rings. The highest BCUT2D eigenvalue weighted by atomic mass is 79.9. The van der Waals surface area contributed by atoms with E-state index in [4.69, 9.17) is 22.7 Å². The van der Waals surface area contributed by atoms with Crippen LogP contribution in [0.5, 0.6) is 0 Å². The molecule has 3 N–H and O–H groups in total. The van der Waals surface area contributed by atoms with Gasteiger partial charge in [-0.2, -0.15) is 0 Å². The van der Waals surface area contributed by atoms with E-state index in [2.05, 4.69) is 32.3 Å². The molecule has 0 bridgehead atoms. The van der Waals surface area contributed by atoms with Gasteiger partial charge >= 0.3 is 0 Å². The number of nitrogens with two attached hydrogens (primary N) is 1. The van der Waals surface area contributed by atoms with Crippen LogP contribution in [0.3, 0.4) is 0 Å². The summed E-state index contributed by atoms with van der Waals surface area (Å²) < 4.78 is 1.12. The second-order valence-electron chi connectivity index (χ2n) is 4.19. The van der Waals surface area contributed by atoms with E-state index in [0.29, 0.717) is 10.6 Å². The number of nitrogen functional groups attached to an aromatic ring is 1. The molecule has 0 aliphatic rings. The second-order valence-corrected chi connectivity index (χ2v) is 6.89. The van der Waals surface area contributed by atoms with Gasteiger partial charge in [0.05, 0.1) is 14.5 Å². The van der Waals surface area contributed by atoms with Gasteiger partial charge in [-0.1, -0.05) is 11.6 Å². The number of rotatable bonds is 4. The average Bonchev–Trinajstić information content (AvgIpc) is 2.74. The van der Waals surface area contributed by atoms with Crippen LogP contribution in [0.1, 0.15) is 11.1 Å². The summed E-state index contributed by atoms with van der Waals surface area (Å²) in [4.78, 5) is 2.07. The van der Waals surface area contributed by atoms with Crippen LogP contribution in [0.2, 0.25) is 5.02 Å². The Morgan fingerprint density at radius 3 is 2.74 bits per heavy atom. The van der Waals surface area contributed by atoms with Crippen molar-refractivity contribution in [3.05, 3.63) is 49.6 Å². The Morgan fingerprint density at radius 1 is 1.47 bits per heavy atom. The van der Waals surface area contributed by atoms with Crippen molar-refractivity contribution in [1.82, 2.24) is 0 Å². The monoisotopic (exact) mass is 357 g/mol. The highest BCUT2D eigenvalue weighted by molar-refractivity contribution is 9.11. The maximum Gasteiger partial charge on any atom is 0.122 e. The molecule has 2 rings (SSSR count). The molecule has 1 aromatic carbocycles. The molecule has 0 aliphatic heterocycles. The van der Waals surface area contributed by atoms with Gasteiger partial charge in [0.1, 0.15) is 5.84 Å². The molecule has 1 aromatic heterocycles. The highest BCUT2D eigenvalue weighted by Gasteiger charge is 2.09. The molecule has 100 valence electrons. The number of anilines is 1. The number of hydrogen-bond acceptors (Lipinski definition) is 3. The van der Waals surface area contributed by atoms with Crippen LogP contribution in [-0.4, -0.2) is 12.9 Å². The van der Waals surface area contributed by atoms with Crippen molar-refractivity contribution in [3.63, 3.8) is 0 Å². The van der Waals surface area contributed by atoms with Crippen molar-refractivity contribution in [2.75, 3.05) is 11.9 Å². The molecule has 0 unspecified atom stereocenters. The summed E-state index contributed by atoms with van der Waals surface area (Å²) in [7, 11) is 1.99. The topological polar surface area (TPSA) is 53.1 Å². The van der Waals surface area contributed by atoms with Crippen LogP contribution in [0, 0.1) is 5.41 Å². The van der Waals surface area contributed by atoms with Crippen LogP contribution < -0.4 is 10.6 Å². The molecule has 0 aliphatic carbocycles. The first-order chi connectivity index (χ1) is 8.97. The van der Waals surface area contributed by atoms with Gasteiger partial charge in [0.15, 0.2) is 0 Å². The molecule has 1 heterocycles. The Labute approximate surface area is 129 Å². The maximum absolute atomic E-state index is 7.39. The van der Waals surface area contributed by atoms with Gasteiger partial charge in [-0.05, 0) is 51.1 Å². The summed E-state index contributed by atoms with van der Waals surface area (Å²) >= 11 is 11.4. The summed E-state index contributed by atoms with van der Waals surface area (Å²) in [5.74, 6) is 0.0258. The van der Waals surface area contributed by atoms with Crippen LogP contribution in [-0.2, 0) is 6.54 Å². The Morgan fingerprint density at radius 2 is 2.21 bits per heavy atom. The minimum Gasteiger partial charge on any atom is -0.384 e. The normalized spacial score (nSPS) is 10.5. The van der Waals surface area contributed by atoms with Gasteiger partial charge in [-0.3, -0.25) is 5.41 Å². The van der Waals surface area contributed by atoms with Crippen LogP contribution >= 0.6 is 38.9 Å².